The van der Waals surface area contributed by atoms with Crippen LogP contribution >= 0.6 is 11.6 Å². The summed E-state index contributed by atoms with van der Waals surface area (Å²) in [5.74, 6) is -0.883. The predicted molar refractivity (Wildman–Crippen MR) is 86.6 cm³/mol. The van der Waals surface area contributed by atoms with E-state index in [1.807, 2.05) is 0 Å². The maximum absolute atomic E-state index is 12.3. The number of aromatic nitrogens is 1. The van der Waals surface area contributed by atoms with Crippen LogP contribution in [0.25, 0.3) is 0 Å². The molecule has 0 bridgehead atoms. The second kappa shape index (κ2) is 8.37. The fraction of sp³-hybridized carbons (Fsp3) is 0.533. The summed E-state index contributed by atoms with van der Waals surface area (Å²) in [5.41, 5.74) is 0.332. The minimum atomic E-state index is -4.47. The molecule has 1 aliphatic rings. The van der Waals surface area contributed by atoms with E-state index in [2.05, 4.69) is 10.3 Å². The minimum absolute atomic E-state index is 0.117. The van der Waals surface area contributed by atoms with Crippen molar-refractivity contribution in [3.8, 4) is 0 Å². The van der Waals surface area contributed by atoms with Crippen LogP contribution in [0, 0.1) is 0 Å². The standard InChI is InChI=1S/C15H18ClF3N4O2/c16-11-6-10(14(25)23-4-2-1-3-5-23)7-20-13(11)21-8-12(24)22-9-15(17,18)19/h6-7H,1-5,8-9H2,(H,20,21)(H,22,24). The third-order valence-electron chi connectivity index (χ3n) is 3.63. The summed E-state index contributed by atoms with van der Waals surface area (Å²) in [6.45, 7) is -0.439. The van der Waals surface area contributed by atoms with Crippen molar-refractivity contribution in [2.24, 2.45) is 0 Å². The van der Waals surface area contributed by atoms with E-state index in [1.54, 1.807) is 10.2 Å². The molecule has 0 aliphatic carbocycles. The van der Waals surface area contributed by atoms with Gasteiger partial charge in [-0.2, -0.15) is 13.2 Å². The Balaban J connectivity index is 1.90. The number of amides is 2. The van der Waals surface area contributed by atoms with Gasteiger partial charge in [0.15, 0.2) is 0 Å². The molecular formula is C15H18ClF3N4O2. The summed E-state index contributed by atoms with van der Waals surface area (Å²) in [7, 11) is 0. The molecule has 0 saturated carbocycles. The molecule has 2 amide bonds. The van der Waals surface area contributed by atoms with E-state index in [1.165, 1.54) is 12.3 Å². The van der Waals surface area contributed by atoms with Crippen molar-refractivity contribution in [1.29, 1.82) is 0 Å². The number of pyridine rings is 1. The molecule has 6 nitrogen and oxygen atoms in total. The highest BCUT2D eigenvalue weighted by Crippen LogP contribution is 2.22. The molecule has 2 N–H and O–H groups in total. The van der Waals surface area contributed by atoms with Crippen molar-refractivity contribution < 1.29 is 22.8 Å². The summed E-state index contributed by atoms with van der Waals surface area (Å²) in [6, 6.07) is 1.43. The van der Waals surface area contributed by atoms with E-state index in [4.69, 9.17) is 11.6 Å². The van der Waals surface area contributed by atoms with Crippen molar-refractivity contribution in [3.05, 3.63) is 22.8 Å². The molecule has 1 fully saturated rings. The minimum Gasteiger partial charge on any atom is -0.360 e. The first kappa shape index (κ1) is 19.3. The number of hydrogen-bond donors (Lipinski definition) is 2. The number of nitrogens with one attached hydrogen (secondary N) is 2. The summed E-state index contributed by atoms with van der Waals surface area (Å²) in [6.07, 6.45) is -0.123. The van der Waals surface area contributed by atoms with Gasteiger partial charge in [0.25, 0.3) is 5.91 Å². The molecule has 0 radical (unpaired) electrons. The Hall–Kier alpha value is -2.03. The van der Waals surface area contributed by atoms with E-state index in [0.29, 0.717) is 18.7 Å². The third kappa shape index (κ3) is 6.08. The van der Waals surface area contributed by atoms with Gasteiger partial charge in [0, 0.05) is 19.3 Å². The maximum atomic E-state index is 12.3. The van der Waals surface area contributed by atoms with Gasteiger partial charge in [-0.25, -0.2) is 4.98 Å². The quantitative estimate of drug-likeness (QED) is 0.825. The highest BCUT2D eigenvalue weighted by atomic mass is 35.5. The van der Waals surface area contributed by atoms with Crippen molar-refractivity contribution in [1.82, 2.24) is 15.2 Å². The summed E-state index contributed by atoms with van der Waals surface area (Å²) in [5, 5.41) is 4.39. The monoisotopic (exact) mass is 378 g/mol. The molecule has 138 valence electrons. The van der Waals surface area contributed by atoms with E-state index in [-0.39, 0.29) is 16.7 Å². The van der Waals surface area contributed by atoms with Crippen LogP contribution in [0.2, 0.25) is 5.02 Å². The second-order valence-corrected chi connectivity index (χ2v) is 6.06. The van der Waals surface area contributed by atoms with Crippen LogP contribution < -0.4 is 10.6 Å². The number of carbonyl (C=O) groups excluding carboxylic acids is 2. The zero-order valence-electron chi connectivity index (χ0n) is 13.3. The van der Waals surface area contributed by atoms with Crippen LogP contribution in [0.4, 0.5) is 19.0 Å². The molecular weight excluding hydrogens is 361 g/mol. The molecule has 10 heteroatoms. The van der Waals surface area contributed by atoms with Gasteiger partial charge in [0.05, 0.1) is 17.1 Å². The number of hydrogen-bond acceptors (Lipinski definition) is 4. The number of piperidine rings is 1. The lowest BCUT2D eigenvalue weighted by atomic mass is 10.1. The van der Waals surface area contributed by atoms with Gasteiger partial charge >= 0.3 is 6.18 Å². The Labute approximate surface area is 147 Å². The van der Waals surface area contributed by atoms with Crippen LogP contribution in [0.3, 0.4) is 0 Å². The average molecular weight is 379 g/mol. The fourth-order valence-electron chi connectivity index (χ4n) is 2.39. The fourth-order valence-corrected chi connectivity index (χ4v) is 2.62. The van der Waals surface area contributed by atoms with Gasteiger partial charge in [-0.3, -0.25) is 9.59 Å². The number of halogens is 4. The van der Waals surface area contributed by atoms with Crippen molar-refractivity contribution >= 4 is 29.2 Å². The Bertz CT molecular complexity index is 634. The molecule has 0 unspecified atom stereocenters. The van der Waals surface area contributed by atoms with Gasteiger partial charge < -0.3 is 15.5 Å². The number of nitrogens with zero attached hydrogens (tertiary/aromatic N) is 2. The highest BCUT2D eigenvalue weighted by Gasteiger charge is 2.27. The Kier molecular flexibility index (Phi) is 6.46. The molecule has 0 spiro atoms. The SMILES string of the molecule is O=C(CNc1ncc(C(=O)N2CCCCC2)cc1Cl)NCC(F)(F)F. The van der Waals surface area contributed by atoms with Crippen LogP contribution in [0.5, 0.6) is 0 Å². The normalized spacial score (nSPS) is 15.0. The van der Waals surface area contributed by atoms with E-state index in [0.717, 1.165) is 19.3 Å². The lowest BCUT2D eigenvalue weighted by molar-refractivity contribution is -0.137. The summed E-state index contributed by atoms with van der Waals surface area (Å²) < 4.78 is 36.0. The number of anilines is 1. The smallest absolute Gasteiger partial charge is 0.360 e. The zero-order chi connectivity index (χ0) is 18.4. The summed E-state index contributed by atoms with van der Waals surface area (Å²) in [4.78, 5) is 29.4. The van der Waals surface area contributed by atoms with Crippen molar-refractivity contribution in [3.63, 3.8) is 0 Å². The van der Waals surface area contributed by atoms with Crippen molar-refractivity contribution in [2.45, 2.75) is 25.4 Å². The summed E-state index contributed by atoms with van der Waals surface area (Å²) >= 11 is 6.04. The first-order valence-corrected chi connectivity index (χ1v) is 8.16. The van der Waals surface area contributed by atoms with Gasteiger partial charge in [-0.15, -0.1) is 0 Å². The molecule has 1 aromatic heterocycles. The highest BCUT2D eigenvalue weighted by molar-refractivity contribution is 6.33. The van der Waals surface area contributed by atoms with Gasteiger partial charge in [-0.1, -0.05) is 11.6 Å². The lowest BCUT2D eigenvalue weighted by Gasteiger charge is -2.26. The van der Waals surface area contributed by atoms with E-state index in [9.17, 15) is 22.8 Å². The molecule has 0 aromatic carbocycles. The molecule has 2 rings (SSSR count). The number of likely N-dealkylation sites (tertiary alicyclic amines) is 1. The first-order chi connectivity index (χ1) is 11.8. The van der Waals surface area contributed by atoms with Gasteiger partial charge in [-0.05, 0) is 25.3 Å². The van der Waals surface area contributed by atoms with Gasteiger partial charge in [0.2, 0.25) is 5.91 Å². The zero-order valence-corrected chi connectivity index (χ0v) is 14.1. The predicted octanol–water partition coefficient (Wildman–Crippen LogP) is 2.45. The number of alkyl halides is 3. The first-order valence-electron chi connectivity index (χ1n) is 7.78. The average Bonchev–Trinajstić information content (AvgIpc) is 2.58. The Morgan fingerprint density at radius 1 is 1.24 bits per heavy atom. The molecule has 25 heavy (non-hydrogen) atoms. The molecule has 1 saturated heterocycles. The van der Waals surface area contributed by atoms with Crippen LogP contribution in [-0.4, -0.2) is 54.1 Å². The topological polar surface area (TPSA) is 74.3 Å². The van der Waals surface area contributed by atoms with Crippen LogP contribution in [0.1, 0.15) is 29.6 Å². The molecule has 0 atom stereocenters. The number of rotatable bonds is 5. The van der Waals surface area contributed by atoms with Crippen molar-refractivity contribution in [2.75, 3.05) is 31.5 Å². The van der Waals surface area contributed by atoms with Gasteiger partial charge in [0.1, 0.15) is 12.4 Å². The Morgan fingerprint density at radius 3 is 2.52 bits per heavy atom. The maximum Gasteiger partial charge on any atom is 0.405 e. The van der Waals surface area contributed by atoms with E-state index < -0.39 is 25.2 Å². The van der Waals surface area contributed by atoms with Crippen LogP contribution in [0.15, 0.2) is 12.3 Å². The lowest BCUT2D eigenvalue weighted by Crippen LogP contribution is -2.37. The molecule has 2 heterocycles. The number of carbonyl (C=O) groups is 2. The third-order valence-corrected chi connectivity index (χ3v) is 3.92. The van der Waals surface area contributed by atoms with E-state index >= 15 is 0 Å². The van der Waals surface area contributed by atoms with Crippen LogP contribution in [-0.2, 0) is 4.79 Å². The largest absolute Gasteiger partial charge is 0.405 e. The second-order valence-electron chi connectivity index (χ2n) is 5.65. The Morgan fingerprint density at radius 2 is 1.92 bits per heavy atom. The molecule has 1 aliphatic heterocycles. The molecule has 1 aromatic rings.